The third kappa shape index (κ3) is 8.18. The van der Waals surface area contributed by atoms with Gasteiger partial charge in [0.05, 0.1) is 12.8 Å². The molecule has 1 amide bonds. The molecule has 0 aliphatic rings. The quantitative estimate of drug-likeness (QED) is 0.396. The number of rotatable bonds is 10. The first kappa shape index (κ1) is 20.2. The summed E-state index contributed by atoms with van der Waals surface area (Å²) < 4.78 is 10.2. The first-order valence-electron chi connectivity index (χ1n) is 8.83. The van der Waals surface area contributed by atoms with Crippen molar-refractivity contribution in [3.05, 3.63) is 66.0 Å². The number of hydrogen-bond acceptors (Lipinski definition) is 5. The second-order valence-corrected chi connectivity index (χ2v) is 5.84. The van der Waals surface area contributed by atoms with Crippen LogP contribution in [0.2, 0.25) is 0 Å². The van der Waals surface area contributed by atoms with E-state index >= 15 is 0 Å². The van der Waals surface area contributed by atoms with Crippen LogP contribution in [0.3, 0.4) is 0 Å². The highest BCUT2D eigenvalue weighted by molar-refractivity contribution is 5.91. The third-order valence-electron chi connectivity index (χ3n) is 3.75. The van der Waals surface area contributed by atoms with E-state index in [1.54, 1.807) is 12.3 Å². The maximum Gasteiger partial charge on any atom is 0.305 e. The molecule has 2 aromatic rings. The maximum atomic E-state index is 11.8. The van der Waals surface area contributed by atoms with Gasteiger partial charge in [0.1, 0.15) is 12.4 Å². The van der Waals surface area contributed by atoms with E-state index in [-0.39, 0.29) is 11.9 Å². The molecule has 0 aliphatic carbocycles. The average molecular weight is 368 g/mol. The van der Waals surface area contributed by atoms with E-state index < -0.39 is 0 Å². The Morgan fingerprint density at radius 3 is 2.63 bits per heavy atom. The van der Waals surface area contributed by atoms with Crippen molar-refractivity contribution in [2.75, 3.05) is 13.7 Å². The zero-order chi connectivity index (χ0) is 19.3. The number of hydrogen-bond donors (Lipinski definition) is 1. The maximum absolute atomic E-state index is 11.8. The molecule has 2 rings (SSSR count). The predicted molar refractivity (Wildman–Crippen MR) is 103 cm³/mol. The normalized spacial score (nSPS) is 10.6. The van der Waals surface area contributed by atoms with Gasteiger partial charge in [-0.3, -0.25) is 14.6 Å². The molecular formula is C21H24N2O4. The highest BCUT2D eigenvalue weighted by atomic mass is 16.5. The molecule has 6 nitrogen and oxygen atoms in total. The number of nitrogens with one attached hydrogen (secondary N) is 1. The van der Waals surface area contributed by atoms with Crippen molar-refractivity contribution in [1.82, 2.24) is 10.3 Å². The zero-order valence-corrected chi connectivity index (χ0v) is 15.4. The molecule has 0 radical (unpaired) electrons. The number of nitrogens with zero attached hydrogens (tertiary/aromatic N) is 1. The van der Waals surface area contributed by atoms with Gasteiger partial charge >= 0.3 is 5.97 Å². The lowest BCUT2D eigenvalue weighted by Crippen LogP contribution is -2.22. The summed E-state index contributed by atoms with van der Waals surface area (Å²) in [6.07, 6.45) is 6.76. The minimum Gasteiger partial charge on any atom is -0.487 e. The number of esters is 1. The molecule has 0 fully saturated rings. The number of pyridine rings is 1. The standard InChI is InChI=1S/C21H24N2O4/c1-26-21(25)7-3-5-15-23-20(24)13-10-17-8-11-19(12-9-17)27-16-18-6-2-4-14-22-18/h2,4,6,8-14H,3,5,7,15-16H2,1H3,(H,23,24)/b13-10+. The number of carbonyl (C=O) groups is 2. The van der Waals surface area contributed by atoms with Gasteiger partial charge in [-0.25, -0.2) is 0 Å². The van der Waals surface area contributed by atoms with Gasteiger partial charge in [0.25, 0.3) is 0 Å². The average Bonchev–Trinajstić information content (AvgIpc) is 2.71. The summed E-state index contributed by atoms with van der Waals surface area (Å²) in [7, 11) is 1.37. The van der Waals surface area contributed by atoms with Crippen molar-refractivity contribution in [2.45, 2.75) is 25.9 Å². The Kier molecular flexibility index (Phi) is 8.56. The topological polar surface area (TPSA) is 77.5 Å². The number of methoxy groups -OCH3 is 1. The van der Waals surface area contributed by atoms with Crippen LogP contribution >= 0.6 is 0 Å². The molecule has 0 aliphatic heterocycles. The lowest BCUT2D eigenvalue weighted by molar-refractivity contribution is -0.140. The molecule has 1 heterocycles. The Hall–Kier alpha value is -3.15. The summed E-state index contributed by atoms with van der Waals surface area (Å²) in [5.74, 6) is 0.352. The van der Waals surface area contributed by atoms with Gasteiger partial charge in [-0.15, -0.1) is 0 Å². The van der Waals surface area contributed by atoms with Gasteiger partial charge in [-0.05, 0) is 48.7 Å². The first-order chi connectivity index (χ1) is 13.2. The monoisotopic (exact) mass is 368 g/mol. The molecule has 142 valence electrons. The van der Waals surface area contributed by atoms with Gasteiger partial charge in [0.15, 0.2) is 0 Å². The van der Waals surface area contributed by atoms with Crippen LogP contribution in [0.15, 0.2) is 54.7 Å². The first-order valence-corrected chi connectivity index (χ1v) is 8.83. The Morgan fingerprint density at radius 1 is 1.11 bits per heavy atom. The van der Waals surface area contributed by atoms with E-state index in [2.05, 4.69) is 15.0 Å². The van der Waals surface area contributed by atoms with Crippen LogP contribution in [-0.2, 0) is 20.9 Å². The van der Waals surface area contributed by atoms with Crippen molar-refractivity contribution < 1.29 is 19.1 Å². The van der Waals surface area contributed by atoms with Crippen LogP contribution in [-0.4, -0.2) is 30.5 Å². The Morgan fingerprint density at radius 2 is 1.93 bits per heavy atom. The molecule has 0 saturated heterocycles. The summed E-state index contributed by atoms with van der Waals surface area (Å²) in [5, 5.41) is 2.79. The molecule has 6 heteroatoms. The lowest BCUT2D eigenvalue weighted by Gasteiger charge is -2.05. The van der Waals surface area contributed by atoms with Crippen LogP contribution in [0.4, 0.5) is 0 Å². The van der Waals surface area contributed by atoms with Gasteiger partial charge in [-0.1, -0.05) is 18.2 Å². The minimum atomic E-state index is -0.228. The van der Waals surface area contributed by atoms with Gasteiger partial charge in [-0.2, -0.15) is 0 Å². The molecule has 1 N–H and O–H groups in total. The van der Waals surface area contributed by atoms with Crippen molar-refractivity contribution >= 4 is 18.0 Å². The van der Waals surface area contributed by atoms with Crippen LogP contribution < -0.4 is 10.1 Å². The molecule has 0 unspecified atom stereocenters. The Bertz CT molecular complexity index is 743. The molecule has 27 heavy (non-hydrogen) atoms. The van der Waals surface area contributed by atoms with E-state index in [1.165, 1.54) is 13.2 Å². The smallest absolute Gasteiger partial charge is 0.305 e. The summed E-state index contributed by atoms with van der Waals surface area (Å²) >= 11 is 0. The second kappa shape index (κ2) is 11.5. The number of ether oxygens (including phenoxy) is 2. The predicted octanol–water partition coefficient (Wildman–Crippen LogP) is 3.13. The van der Waals surface area contributed by atoms with Gasteiger partial charge < -0.3 is 14.8 Å². The molecule has 0 bridgehead atoms. The fourth-order valence-corrected chi connectivity index (χ4v) is 2.25. The zero-order valence-electron chi connectivity index (χ0n) is 15.4. The molecule has 0 atom stereocenters. The van der Waals surface area contributed by atoms with E-state index in [0.717, 1.165) is 23.4 Å². The molecule has 0 spiro atoms. The van der Waals surface area contributed by atoms with Crippen LogP contribution in [0.1, 0.15) is 30.5 Å². The van der Waals surface area contributed by atoms with Gasteiger partial charge in [0.2, 0.25) is 5.91 Å². The Labute approximate surface area is 159 Å². The van der Waals surface area contributed by atoms with E-state index in [4.69, 9.17) is 4.74 Å². The summed E-state index contributed by atoms with van der Waals surface area (Å²) in [6, 6.07) is 13.2. The van der Waals surface area contributed by atoms with E-state index in [0.29, 0.717) is 26.0 Å². The van der Waals surface area contributed by atoms with Gasteiger partial charge in [0, 0.05) is 25.2 Å². The number of carbonyl (C=O) groups excluding carboxylic acids is 2. The van der Waals surface area contributed by atoms with E-state index in [1.807, 2.05) is 42.5 Å². The van der Waals surface area contributed by atoms with Crippen molar-refractivity contribution in [1.29, 1.82) is 0 Å². The second-order valence-electron chi connectivity index (χ2n) is 5.84. The van der Waals surface area contributed by atoms with E-state index in [9.17, 15) is 9.59 Å². The van der Waals surface area contributed by atoms with Crippen molar-refractivity contribution in [2.24, 2.45) is 0 Å². The Balaban J connectivity index is 1.68. The molecule has 0 saturated carbocycles. The SMILES string of the molecule is COC(=O)CCCCNC(=O)/C=C/c1ccc(OCc2ccccn2)cc1. The fraction of sp³-hybridized carbons (Fsp3) is 0.286. The minimum absolute atomic E-state index is 0.163. The largest absolute Gasteiger partial charge is 0.487 e. The summed E-state index contributed by atoms with van der Waals surface area (Å²) in [5.41, 5.74) is 1.77. The van der Waals surface area contributed by atoms with Crippen LogP contribution in [0.5, 0.6) is 5.75 Å². The number of benzene rings is 1. The van der Waals surface area contributed by atoms with Crippen molar-refractivity contribution in [3.63, 3.8) is 0 Å². The third-order valence-corrected chi connectivity index (χ3v) is 3.75. The lowest BCUT2D eigenvalue weighted by atomic mass is 10.2. The molecular weight excluding hydrogens is 344 g/mol. The van der Waals surface area contributed by atoms with Crippen LogP contribution in [0.25, 0.3) is 6.08 Å². The molecule has 1 aromatic carbocycles. The number of aromatic nitrogens is 1. The number of unbranched alkanes of at least 4 members (excludes halogenated alkanes) is 1. The number of amides is 1. The summed E-state index contributed by atoms with van der Waals surface area (Å²) in [6.45, 7) is 0.939. The summed E-state index contributed by atoms with van der Waals surface area (Å²) in [4.78, 5) is 27.0. The van der Waals surface area contributed by atoms with Crippen LogP contribution in [0, 0.1) is 0 Å². The van der Waals surface area contributed by atoms with Crippen molar-refractivity contribution in [3.8, 4) is 5.75 Å². The highest BCUT2D eigenvalue weighted by Crippen LogP contribution is 2.14. The fourth-order valence-electron chi connectivity index (χ4n) is 2.25. The highest BCUT2D eigenvalue weighted by Gasteiger charge is 2.00. The molecule has 1 aromatic heterocycles.